The van der Waals surface area contributed by atoms with Gasteiger partial charge in [0.1, 0.15) is 6.26 Å². The molecule has 0 saturated carbocycles. The molecule has 0 aliphatic carbocycles. The molecule has 56 valence electrons. The Balaban J connectivity index is 2.84. The van der Waals surface area contributed by atoms with Gasteiger partial charge in [0, 0.05) is 0 Å². The van der Waals surface area contributed by atoms with Crippen molar-refractivity contribution in [3.8, 4) is 0 Å². The minimum absolute atomic E-state index is 0.468. The van der Waals surface area contributed by atoms with Gasteiger partial charge in [0.25, 0.3) is 4.84 Å². The van der Waals surface area contributed by atoms with Gasteiger partial charge in [-0.3, -0.25) is 0 Å². The summed E-state index contributed by atoms with van der Waals surface area (Å²) in [5.41, 5.74) is 1.09. The summed E-state index contributed by atoms with van der Waals surface area (Å²) in [4.78, 5) is 3.44. The average Bonchev–Trinajstić information content (AvgIpc) is 2.34. The topological polar surface area (TPSA) is 28.9 Å². The molecule has 1 aromatic rings. The van der Waals surface area contributed by atoms with Crippen LogP contribution in [0.1, 0.15) is 31.9 Å². The molecule has 0 radical (unpaired) electrons. The average molecular weight is 157 g/mol. The second kappa shape index (κ2) is 3.01. The quantitative estimate of drug-likeness (QED) is 0.669. The Morgan fingerprint density at radius 2 is 2.50 bits per heavy atom. The van der Waals surface area contributed by atoms with Gasteiger partial charge in [-0.05, 0) is 24.6 Å². The molecule has 0 aliphatic heterocycles. The van der Waals surface area contributed by atoms with Crippen LogP contribution < -0.4 is 0 Å². The van der Waals surface area contributed by atoms with Crippen LogP contribution in [0.4, 0.5) is 0 Å². The zero-order valence-electron chi connectivity index (χ0n) is 6.18. The van der Waals surface area contributed by atoms with Gasteiger partial charge in [0.05, 0.1) is 5.69 Å². The minimum Gasteiger partial charge on any atom is -0.438 e. The number of aromatic nitrogens is 1. The third-order valence-electron chi connectivity index (χ3n) is 1.68. The molecule has 1 heterocycles. The van der Waals surface area contributed by atoms with E-state index in [1.807, 2.05) is 0 Å². The Morgan fingerprint density at radius 3 is 2.90 bits per heavy atom. The number of hydrogen-bond donors (Lipinski definition) is 1. The van der Waals surface area contributed by atoms with Crippen molar-refractivity contribution in [2.45, 2.75) is 26.2 Å². The second-order valence-electron chi connectivity index (χ2n) is 2.41. The van der Waals surface area contributed by atoms with Crippen molar-refractivity contribution in [1.82, 2.24) is 4.98 Å². The van der Waals surface area contributed by atoms with Gasteiger partial charge < -0.3 is 9.40 Å². The zero-order chi connectivity index (χ0) is 7.56. The molecular weight excluding hydrogens is 146 g/mol. The first-order valence-electron chi connectivity index (χ1n) is 3.41. The van der Waals surface area contributed by atoms with E-state index in [0.717, 1.165) is 12.1 Å². The molecule has 0 fully saturated rings. The molecule has 0 saturated heterocycles. The number of hydrogen-bond acceptors (Lipinski definition) is 2. The summed E-state index contributed by atoms with van der Waals surface area (Å²) in [7, 11) is 0. The van der Waals surface area contributed by atoms with Crippen LogP contribution in [0.3, 0.4) is 0 Å². The molecule has 1 N–H and O–H groups in total. The molecular formula is C7H11NOS. The molecule has 0 aliphatic rings. The number of nitrogens with one attached hydrogen (secondary N) is 1. The molecule has 1 unspecified atom stereocenters. The summed E-state index contributed by atoms with van der Waals surface area (Å²) >= 11 is 4.78. The van der Waals surface area contributed by atoms with Gasteiger partial charge in [-0.1, -0.05) is 13.8 Å². The molecule has 0 bridgehead atoms. The van der Waals surface area contributed by atoms with Gasteiger partial charge in [0.15, 0.2) is 0 Å². The van der Waals surface area contributed by atoms with Crippen molar-refractivity contribution < 1.29 is 4.42 Å². The van der Waals surface area contributed by atoms with E-state index < -0.39 is 0 Å². The van der Waals surface area contributed by atoms with Crippen LogP contribution in [-0.4, -0.2) is 4.98 Å². The summed E-state index contributed by atoms with van der Waals surface area (Å²) in [6.07, 6.45) is 2.79. The predicted octanol–water partition coefficient (Wildman–Crippen LogP) is 2.85. The first kappa shape index (κ1) is 7.54. The van der Waals surface area contributed by atoms with Gasteiger partial charge in [-0.25, -0.2) is 0 Å². The number of rotatable bonds is 2. The lowest BCUT2D eigenvalue weighted by molar-refractivity contribution is 0.538. The SMILES string of the molecule is CCC(C)c1coc(=S)[nH]1. The first-order chi connectivity index (χ1) is 4.74. The summed E-state index contributed by atoms with van der Waals surface area (Å²) < 4.78 is 4.95. The van der Waals surface area contributed by atoms with Gasteiger partial charge in [-0.15, -0.1) is 0 Å². The Bertz CT molecular complexity index is 250. The van der Waals surface area contributed by atoms with Crippen molar-refractivity contribution in [1.29, 1.82) is 0 Å². The smallest absolute Gasteiger partial charge is 0.266 e. The third kappa shape index (κ3) is 1.48. The van der Waals surface area contributed by atoms with Crippen molar-refractivity contribution in [3.63, 3.8) is 0 Å². The highest BCUT2D eigenvalue weighted by molar-refractivity contribution is 7.71. The maximum Gasteiger partial charge on any atom is 0.266 e. The van der Waals surface area contributed by atoms with Crippen LogP contribution in [0.25, 0.3) is 0 Å². The molecule has 0 aromatic carbocycles. The predicted molar refractivity (Wildman–Crippen MR) is 42.6 cm³/mol. The molecule has 0 amide bonds. The Labute approximate surface area is 65.3 Å². The fourth-order valence-electron chi connectivity index (χ4n) is 0.753. The maximum absolute atomic E-state index is 4.95. The fraction of sp³-hybridized carbons (Fsp3) is 0.571. The molecule has 10 heavy (non-hydrogen) atoms. The van der Waals surface area contributed by atoms with Gasteiger partial charge >= 0.3 is 0 Å². The second-order valence-corrected chi connectivity index (χ2v) is 2.78. The van der Waals surface area contributed by atoms with E-state index in [1.165, 1.54) is 0 Å². The van der Waals surface area contributed by atoms with Crippen LogP contribution in [-0.2, 0) is 0 Å². The lowest BCUT2D eigenvalue weighted by Gasteiger charge is -2.01. The highest BCUT2D eigenvalue weighted by Gasteiger charge is 2.03. The number of oxazole rings is 1. The van der Waals surface area contributed by atoms with E-state index in [1.54, 1.807) is 6.26 Å². The lowest BCUT2D eigenvalue weighted by atomic mass is 10.1. The van der Waals surface area contributed by atoms with Crippen molar-refractivity contribution in [2.24, 2.45) is 0 Å². The highest BCUT2D eigenvalue weighted by Crippen LogP contribution is 2.15. The van der Waals surface area contributed by atoms with E-state index in [-0.39, 0.29) is 0 Å². The van der Waals surface area contributed by atoms with E-state index in [0.29, 0.717) is 10.8 Å². The van der Waals surface area contributed by atoms with Gasteiger partial charge in [-0.2, -0.15) is 0 Å². The van der Waals surface area contributed by atoms with Crippen molar-refractivity contribution in [3.05, 3.63) is 16.8 Å². The lowest BCUT2D eigenvalue weighted by Crippen LogP contribution is -1.89. The molecule has 3 heteroatoms. The van der Waals surface area contributed by atoms with Crippen LogP contribution in [0.15, 0.2) is 10.7 Å². The van der Waals surface area contributed by atoms with Crippen LogP contribution in [0.5, 0.6) is 0 Å². The van der Waals surface area contributed by atoms with Crippen molar-refractivity contribution in [2.75, 3.05) is 0 Å². The number of H-pyrrole nitrogens is 1. The first-order valence-corrected chi connectivity index (χ1v) is 3.82. The fourth-order valence-corrected chi connectivity index (χ4v) is 0.919. The summed E-state index contributed by atoms with van der Waals surface area (Å²) in [5.74, 6) is 0.514. The minimum atomic E-state index is 0.468. The Hall–Kier alpha value is -0.570. The largest absolute Gasteiger partial charge is 0.438 e. The Morgan fingerprint density at radius 1 is 1.80 bits per heavy atom. The van der Waals surface area contributed by atoms with E-state index >= 15 is 0 Å². The van der Waals surface area contributed by atoms with Crippen LogP contribution >= 0.6 is 12.2 Å². The summed E-state index contributed by atoms with van der Waals surface area (Å²) in [5, 5.41) is 0. The summed E-state index contributed by atoms with van der Waals surface area (Å²) in [6, 6.07) is 0. The molecule has 0 spiro atoms. The number of aromatic amines is 1. The normalized spacial score (nSPS) is 13.4. The summed E-state index contributed by atoms with van der Waals surface area (Å²) in [6.45, 7) is 4.27. The molecule has 1 rings (SSSR count). The molecule has 1 aromatic heterocycles. The van der Waals surface area contributed by atoms with Crippen LogP contribution in [0.2, 0.25) is 0 Å². The molecule has 1 atom stereocenters. The monoisotopic (exact) mass is 157 g/mol. The standard InChI is InChI=1S/C7H11NOS/c1-3-5(2)6-4-9-7(10)8-6/h4-5H,3H2,1-2H3,(H,8,10). The van der Waals surface area contributed by atoms with E-state index in [4.69, 9.17) is 16.6 Å². The van der Waals surface area contributed by atoms with E-state index in [2.05, 4.69) is 18.8 Å². The van der Waals surface area contributed by atoms with Crippen LogP contribution in [0, 0.1) is 4.84 Å². The maximum atomic E-state index is 4.95. The zero-order valence-corrected chi connectivity index (χ0v) is 6.99. The molecule has 2 nitrogen and oxygen atoms in total. The van der Waals surface area contributed by atoms with E-state index in [9.17, 15) is 0 Å². The third-order valence-corrected chi connectivity index (χ3v) is 1.88. The Kier molecular flexibility index (Phi) is 2.27. The van der Waals surface area contributed by atoms with Gasteiger partial charge in [0.2, 0.25) is 0 Å². The van der Waals surface area contributed by atoms with Crippen molar-refractivity contribution >= 4 is 12.2 Å². The highest BCUT2D eigenvalue weighted by atomic mass is 32.1.